The van der Waals surface area contributed by atoms with Gasteiger partial charge in [0.15, 0.2) is 0 Å². The van der Waals surface area contributed by atoms with Crippen LogP contribution in [0.4, 0.5) is 0 Å². The number of guanidine groups is 1. The van der Waals surface area contributed by atoms with Gasteiger partial charge in [-0.05, 0) is 34.3 Å². The molecule has 0 aliphatic heterocycles. The Bertz CT molecular complexity index is 862. The quantitative estimate of drug-likeness (QED) is 0.483. The summed E-state index contributed by atoms with van der Waals surface area (Å²) in [5.74, 6) is -1.03. The number of thiophene rings is 1. The summed E-state index contributed by atoms with van der Waals surface area (Å²) < 4.78 is 25.7. The average molecular weight is 374 g/mol. The highest BCUT2D eigenvalue weighted by molar-refractivity contribution is 7.85. The number of rotatable bonds is 4. The molecule has 1 aromatic carbocycles. The maximum absolute atomic E-state index is 12.1. The van der Waals surface area contributed by atoms with Gasteiger partial charge in [-0.25, -0.2) is 0 Å². The Morgan fingerprint density at radius 2 is 2.13 bits per heavy atom. The van der Waals surface area contributed by atoms with Crippen LogP contribution in [0.15, 0.2) is 40.9 Å². The van der Waals surface area contributed by atoms with Crippen molar-refractivity contribution in [1.29, 1.82) is 0 Å². The second kappa shape index (κ2) is 6.99. The van der Waals surface area contributed by atoms with Gasteiger partial charge in [0.2, 0.25) is 5.96 Å². The lowest BCUT2D eigenvalue weighted by molar-refractivity contribution is 0.0975. The van der Waals surface area contributed by atoms with Gasteiger partial charge in [0.1, 0.15) is 0 Å². The fraction of sp³-hybridized carbons (Fsp3) is 0.0769. The zero-order valence-electron chi connectivity index (χ0n) is 11.8. The summed E-state index contributed by atoms with van der Waals surface area (Å²) in [5, 5.41) is 7.77. The molecule has 2 rings (SSSR count). The van der Waals surface area contributed by atoms with Crippen molar-refractivity contribution in [3.63, 3.8) is 0 Å². The minimum Gasteiger partial charge on any atom is -0.367 e. The molecule has 10 heteroatoms. The molecule has 0 spiro atoms. The molecular formula is C13H12ClN3O4S2. The van der Waals surface area contributed by atoms with E-state index in [1.807, 2.05) is 11.4 Å². The molecule has 0 bridgehead atoms. The summed E-state index contributed by atoms with van der Waals surface area (Å²) in [4.78, 5) is 12.9. The number of nitrogens with zero attached hydrogens (tertiary/aromatic N) is 1. The molecule has 0 atom stereocenters. The third-order valence-electron chi connectivity index (χ3n) is 2.52. The van der Waals surface area contributed by atoms with Crippen molar-refractivity contribution >= 4 is 44.9 Å². The Labute approximate surface area is 141 Å². The van der Waals surface area contributed by atoms with E-state index < -0.39 is 22.0 Å². The molecule has 1 heterocycles. The highest BCUT2D eigenvalue weighted by atomic mass is 35.5. The number of nitrogens with two attached hydrogens (primary N) is 1. The number of amides is 1. The number of hydrogen-bond donors (Lipinski definition) is 2. The van der Waals surface area contributed by atoms with E-state index in [2.05, 4.69) is 14.8 Å². The first kappa shape index (κ1) is 17.3. The highest BCUT2D eigenvalue weighted by Crippen LogP contribution is 2.33. The number of hydrogen-bond acceptors (Lipinski definition) is 6. The number of carbonyl (C=O) groups is 1. The maximum atomic E-state index is 12.1. The first-order chi connectivity index (χ1) is 10.8. The van der Waals surface area contributed by atoms with E-state index in [0.29, 0.717) is 10.6 Å². The van der Waals surface area contributed by atoms with E-state index in [9.17, 15) is 13.2 Å². The molecule has 23 heavy (non-hydrogen) atoms. The average Bonchev–Trinajstić information content (AvgIpc) is 2.91. The molecule has 122 valence electrons. The minimum atomic E-state index is -3.79. The molecular weight excluding hydrogens is 362 g/mol. The van der Waals surface area contributed by atoms with Crippen molar-refractivity contribution in [3.8, 4) is 10.4 Å². The van der Waals surface area contributed by atoms with E-state index in [4.69, 9.17) is 17.3 Å². The molecule has 0 unspecified atom stereocenters. The molecule has 2 aromatic rings. The first-order valence-corrected chi connectivity index (χ1v) is 9.20. The van der Waals surface area contributed by atoms with Gasteiger partial charge in [-0.15, -0.1) is 11.3 Å². The number of carbonyl (C=O) groups excluding carboxylic acids is 1. The summed E-state index contributed by atoms with van der Waals surface area (Å²) in [6, 6.07) is 8.49. The third kappa shape index (κ3) is 4.95. The summed E-state index contributed by atoms with van der Waals surface area (Å²) in [6.07, 6.45) is 0.805. The highest BCUT2D eigenvalue weighted by Gasteiger charge is 2.11. The Hall–Kier alpha value is -2.10. The smallest absolute Gasteiger partial charge is 0.325 e. The zero-order valence-corrected chi connectivity index (χ0v) is 14.2. The Balaban J connectivity index is 2.16. The van der Waals surface area contributed by atoms with Crippen LogP contribution in [0.25, 0.3) is 10.4 Å². The minimum absolute atomic E-state index is 0.310. The van der Waals surface area contributed by atoms with Crippen LogP contribution in [0.3, 0.4) is 0 Å². The lowest BCUT2D eigenvalue weighted by Crippen LogP contribution is -2.37. The predicted molar refractivity (Wildman–Crippen MR) is 89.8 cm³/mol. The van der Waals surface area contributed by atoms with E-state index in [0.717, 1.165) is 16.7 Å². The van der Waals surface area contributed by atoms with E-state index in [-0.39, 0.29) is 0 Å². The number of benzene rings is 1. The fourth-order valence-electron chi connectivity index (χ4n) is 1.62. The largest absolute Gasteiger partial charge is 0.367 e. The van der Waals surface area contributed by atoms with Gasteiger partial charge in [-0.1, -0.05) is 23.7 Å². The number of halogens is 1. The van der Waals surface area contributed by atoms with Crippen molar-refractivity contribution in [1.82, 2.24) is 5.32 Å². The van der Waals surface area contributed by atoms with E-state index in [1.165, 1.54) is 11.3 Å². The second-order valence-electron chi connectivity index (χ2n) is 4.39. The van der Waals surface area contributed by atoms with Crippen LogP contribution in [0.1, 0.15) is 10.4 Å². The Morgan fingerprint density at radius 3 is 2.74 bits per heavy atom. The first-order valence-electron chi connectivity index (χ1n) is 6.13. The molecule has 0 fully saturated rings. The standard InChI is InChI=1S/C13H12ClN3O4S2/c1-23(19,20)21-17-13(15)16-12(18)9-4-2-3-8(7-9)11-10(14)5-6-22-11/h2-7H,1H3,(H3,15,16,17,18). The molecule has 0 saturated carbocycles. The van der Waals surface area contributed by atoms with Gasteiger partial charge in [-0.2, -0.15) is 8.42 Å². The number of oxime groups is 1. The van der Waals surface area contributed by atoms with Gasteiger partial charge in [-0.3, -0.25) is 14.4 Å². The lowest BCUT2D eigenvalue weighted by atomic mass is 10.1. The van der Waals surface area contributed by atoms with Crippen LogP contribution in [0.5, 0.6) is 0 Å². The van der Waals surface area contributed by atoms with Gasteiger partial charge in [0.05, 0.1) is 16.2 Å². The predicted octanol–water partition coefficient (Wildman–Crippen LogP) is 2.00. The van der Waals surface area contributed by atoms with Crippen LogP contribution in [-0.4, -0.2) is 26.5 Å². The summed E-state index contributed by atoms with van der Waals surface area (Å²) in [5.41, 5.74) is 6.47. The van der Waals surface area contributed by atoms with Crippen molar-refractivity contribution in [2.45, 2.75) is 0 Å². The van der Waals surface area contributed by atoms with Crippen LogP contribution in [0, 0.1) is 0 Å². The molecule has 0 saturated heterocycles. The molecule has 7 nitrogen and oxygen atoms in total. The van der Waals surface area contributed by atoms with Crippen molar-refractivity contribution < 1.29 is 17.5 Å². The van der Waals surface area contributed by atoms with Crippen molar-refractivity contribution in [2.75, 3.05) is 6.26 Å². The van der Waals surface area contributed by atoms with Crippen LogP contribution in [-0.2, 0) is 14.4 Å². The van der Waals surface area contributed by atoms with E-state index >= 15 is 0 Å². The topological polar surface area (TPSA) is 111 Å². The monoisotopic (exact) mass is 373 g/mol. The van der Waals surface area contributed by atoms with Crippen LogP contribution < -0.4 is 11.1 Å². The maximum Gasteiger partial charge on any atom is 0.325 e. The third-order valence-corrected chi connectivity index (χ3v) is 4.25. The molecule has 0 radical (unpaired) electrons. The van der Waals surface area contributed by atoms with Crippen LogP contribution >= 0.6 is 22.9 Å². The normalized spacial score (nSPS) is 12.0. The molecule has 1 aromatic heterocycles. The van der Waals surface area contributed by atoms with Gasteiger partial charge in [0, 0.05) is 5.56 Å². The van der Waals surface area contributed by atoms with Crippen LogP contribution in [0.2, 0.25) is 5.02 Å². The fourth-order valence-corrected chi connectivity index (χ4v) is 3.00. The lowest BCUT2D eigenvalue weighted by Gasteiger charge is -2.06. The number of nitrogens with one attached hydrogen (secondary N) is 1. The van der Waals surface area contributed by atoms with Crippen molar-refractivity contribution in [3.05, 3.63) is 46.3 Å². The molecule has 0 aliphatic carbocycles. The van der Waals surface area contributed by atoms with Gasteiger partial charge in [0.25, 0.3) is 5.91 Å². The second-order valence-corrected chi connectivity index (χ2v) is 7.27. The summed E-state index contributed by atoms with van der Waals surface area (Å²) >= 11 is 7.52. The molecule has 3 N–H and O–H groups in total. The Kier molecular flexibility index (Phi) is 5.24. The van der Waals surface area contributed by atoms with E-state index in [1.54, 1.807) is 24.3 Å². The molecule has 1 amide bonds. The SMILES string of the molecule is CS(=O)(=O)ON=C(N)NC(=O)c1cccc(-c2sccc2Cl)c1. The summed E-state index contributed by atoms with van der Waals surface area (Å²) in [7, 11) is -3.79. The zero-order chi connectivity index (χ0) is 17.0. The summed E-state index contributed by atoms with van der Waals surface area (Å²) in [6.45, 7) is 0. The molecule has 0 aliphatic rings. The van der Waals surface area contributed by atoms with Crippen molar-refractivity contribution in [2.24, 2.45) is 10.9 Å². The van der Waals surface area contributed by atoms with Gasteiger partial charge < -0.3 is 5.73 Å². The Morgan fingerprint density at radius 1 is 1.39 bits per heavy atom. The van der Waals surface area contributed by atoms with Gasteiger partial charge >= 0.3 is 10.1 Å².